The molecule has 0 heterocycles. The second-order valence-electron chi connectivity index (χ2n) is 4.98. The van der Waals surface area contributed by atoms with E-state index in [0.29, 0.717) is 18.3 Å². The lowest BCUT2D eigenvalue weighted by Crippen LogP contribution is -2.15. The average molecular weight is 262 g/mol. The monoisotopic (exact) mass is 262 g/mol. The Morgan fingerprint density at radius 3 is 2.63 bits per heavy atom. The molecule has 3 nitrogen and oxygen atoms in total. The van der Waals surface area contributed by atoms with Crippen LogP contribution in [0.2, 0.25) is 0 Å². The van der Waals surface area contributed by atoms with Crippen molar-refractivity contribution < 1.29 is 14.3 Å². The topological polar surface area (TPSA) is 35.5 Å². The third kappa shape index (κ3) is 4.27. The van der Waals surface area contributed by atoms with Crippen molar-refractivity contribution in [3.8, 4) is 5.75 Å². The minimum absolute atomic E-state index is 0.284. The van der Waals surface area contributed by atoms with Crippen LogP contribution < -0.4 is 4.74 Å². The van der Waals surface area contributed by atoms with Crippen LogP contribution >= 0.6 is 0 Å². The van der Waals surface area contributed by atoms with Gasteiger partial charge in [-0.15, -0.1) is 0 Å². The Labute approximate surface area is 114 Å². The molecule has 0 amide bonds. The van der Waals surface area contributed by atoms with Gasteiger partial charge in [0.2, 0.25) is 0 Å². The second kappa shape index (κ2) is 7.17. The number of hydrogen-bond acceptors (Lipinski definition) is 3. The zero-order valence-electron chi connectivity index (χ0n) is 11.6. The van der Waals surface area contributed by atoms with Gasteiger partial charge >= 0.3 is 5.97 Å². The largest absolute Gasteiger partial charge is 0.490 e. The number of esters is 1. The molecule has 2 rings (SSSR count). The van der Waals surface area contributed by atoms with Gasteiger partial charge in [0, 0.05) is 0 Å². The third-order valence-electron chi connectivity index (χ3n) is 3.45. The highest BCUT2D eigenvalue weighted by Crippen LogP contribution is 2.23. The second-order valence-corrected chi connectivity index (χ2v) is 4.98. The maximum atomic E-state index is 11.7. The van der Waals surface area contributed by atoms with Crippen LogP contribution in [0.25, 0.3) is 0 Å². The molecule has 0 bridgehead atoms. The summed E-state index contributed by atoms with van der Waals surface area (Å²) in [5.74, 6) is 0.492. The Morgan fingerprint density at radius 1 is 1.21 bits per heavy atom. The molecule has 19 heavy (non-hydrogen) atoms. The predicted octanol–water partition coefficient (Wildman–Crippen LogP) is 3.96. The first-order valence-electron chi connectivity index (χ1n) is 7.23. The Morgan fingerprint density at radius 2 is 1.95 bits per heavy atom. The van der Waals surface area contributed by atoms with Crippen molar-refractivity contribution in [1.29, 1.82) is 0 Å². The number of rotatable bonds is 4. The molecular formula is C16H22O3. The van der Waals surface area contributed by atoms with Crippen LogP contribution in [0.5, 0.6) is 5.75 Å². The Hall–Kier alpha value is -1.51. The van der Waals surface area contributed by atoms with Crippen LogP contribution in [-0.2, 0) is 4.74 Å². The van der Waals surface area contributed by atoms with Crippen molar-refractivity contribution in [2.24, 2.45) is 0 Å². The molecule has 104 valence electrons. The summed E-state index contributed by atoms with van der Waals surface area (Å²) in [6.07, 6.45) is 7.61. The van der Waals surface area contributed by atoms with E-state index >= 15 is 0 Å². The maximum Gasteiger partial charge on any atom is 0.338 e. The summed E-state index contributed by atoms with van der Waals surface area (Å²) in [6.45, 7) is 2.20. The summed E-state index contributed by atoms with van der Waals surface area (Å²) in [5, 5.41) is 0. The number of ether oxygens (including phenoxy) is 2. The lowest BCUT2D eigenvalue weighted by Gasteiger charge is -2.17. The normalized spacial score (nSPS) is 16.7. The molecule has 1 aromatic rings. The van der Waals surface area contributed by atoms with E-state index < -0.39 is 0 Å². The van der Waals surface area contributed by atoms with E-state index in [1.807, 2.05) is 19.1 Å². The average Bonchev–Trinajstić information content (AvgIpc) is 2.68. The van der Waals surface area contributed by atoms with Crippen LogP contribution in [0.4, 0.5) is 0 Å². The SMILES string of the molecule is CCOC(=O)c1cccc(OC2CCCCCC2)c1. The highest BCUT2D eigenvalue weighted by Gasteiger charge is 2.14. The number of hydrogen-bond donors (Lipinski definition) is 0. The fourth-order valence-corrected chi connectivity index (χ4v) is 2.46. The molecule has 0 aliphatic heterocycles. The van der Waals surface area contributed by atoms with Gasteiger partial charge < -0.3 is 9.47 Å². The lowest BCUT2D eigenvalue weighted by atomic mass is 10.1. The zero-order chi connectivity index (χ0) is 13.5. The standard InChI is InChI=1S/C16H22O3/c1-2-18-16(17)13-8-7-11-15(12-13)19-14-9-5-3-4-6-10-14/h7-8,11-12,14H,2-6,9-10H2,1H3. The summed E-state index contributed by atoms with van der Waals surface area (Å²) < 4.78 is 11.0. The van der Waals surface area contributed by atoms with E-state index in [2.05, 4.69) is 0 Å². The molecule has 0 spiro atoms. The summed E-state index contributed by atoms with van der Waals surface area (Å²) in [5.41, 5.74) is 0.563. The predicted molar refractivity (Wildman–Crippen MR) is 74.5 cm³/mol. The number of carbonyl (C=O) groups excluding carboxylic acids is 1. The Balaban J connectivity index is 1.99. The van der Waals surface area contributed by atoms with Crippen LogP contribution in [0.15, 0.2) is 24.3 Å². The van der Waals surface area contributed by atoms with E-state index in [0.717, 1.165) is 18.6 Å². The van der Waals surface area contributed by atoms with Crippen LogP contribution in [0, 0.1) is 0 Å². The molecule has 0 aromatic heterocycles. The van der Waals surface area contributed by atoms with Gasteiger partial charge in [-0.3, -0.25) is 0 Å². The molecule has 1 fully saturated rings. The lowest BCUT2D eigenvalue weighted by molar-refractivity contribution is 0.0525. The van der Waals surface area contributed by atoms with Crippen molar-refractivity contribution in [2.45, 2.75) is 51.6 Å². The zero-order valence-corrected chi connectivity index (χ0v) is 11.6. The maximum absolute atomic E-state index is 11.7. The molecule has 1 aromatic carbocycles. The van der Waals surface area contributed by atoms with E-state index in [-0.39, 0.29) is 5.97 Å². The van der Waals surface area contributed by atoms with Gasteiger partial charge in [-0.25, -0.2) is 4.79 Å². The summed E-state index contributed by atoms with van der Waals surface area (Å²) in [4.78, 5) is 11.7. The highest BCUT2D eigenvalue weighted by molar-refractivity contribution is 5.89. The molecule has 3 heteroatoms. The van der Waals surface area contributed by atoms with Crippen molar-refractivity contribution in [1.82, 2.24) is 0 Å². The van der Waals surface area contributed by atoms with E-state index in [1.165, 1.54) is 25.7 Å². The Bertz CT molecular complexity index is 406. The van der Waals surface area contributed by atoms with Gasteiger partial charge in [0.25, 0.3) is 0 Å². The minimum Gasteiger partial charge on any atom is -0.490 e. The molecule has 1 aliphatic rings. The van der Waals surface area contributed by atoms with Crippen molar-refractivity contribution in [3.05, 3.63) is 29.8 Å². The van der Waals surface area contributed by atoms with Crippen molar-refractivity contribution in [2.75, 3.05) is 6.61 Å². The van der Waals surface area contributed by atoms with E-state index in [9.17, 15) is 4.79 Å². The Kier molecular flexibility index (Phi) is 5.25. The molecule has 1 saturated carbocycles. The van der Waals surface area contributed by atoms with Crippen molar-refractivity contribution >= 4 is 5.97 Å². The van der Waals surface area contributed by atoms with Crippen LogP contribution in [-0.4, -0.2) is 18.7 Å². The quantitative estimate of drug-likeness (QED) is 0.608. The number of benzene rings is 1. The number of carbonyl (C=O) groups is 1. The smallest absolute Gasteiger partial charge is 0.338 e. The molecule has 0 radical (unpaired) electrons. The van der Waals surface area contributed by atoms with Gasteiger partial charge in [0.15, 0.2) is 0 Å². The summed E-state index contributed by atoms with van der Waals surface area (Å²) in [7, 11) is 0. The molecule has 0 atom stereocenters. The minimum atomic E-state index is -0.284. The van der Waals surface area contributed by atoms with Crippen LogP contribution in [0.3, 0.4) is 0 Å². The summed E-state index contributed by atoms with van der Waals surface area (Å²) in [6, 6.07) is 7.30. The fourth-order valence-electron chi connectivity index (χ4n) is 2.46. The third-order valence-corrected chi connectivity index (χ3v) is 3.45. The van der Waals surface area contributed by atoms with Gasteiger partial charge in [0.05, 0.1) is 18.3 Å². The van der Waals surface area contributed by atoms with E-state index in [4.69, 9.17) is 9.47 Å². The molecule has 0 saturated heterocycles. The van der Waals surface area contributed by atoms with Gasteiger partial charge in [-0.2, -0.15) is 0 Å². The van der Waals surface area contributed by atoms with Gasteiger partial charge in [0.1, 0.15) is 5.75 Å². The summed E-state index contributed by atoms with van der Waals surface area (Å²) >= 11 is 0. The van der Waals surface area contributed by atoms with Gasteiger partial charge in [-0.05, 0) is 50.8 Å². The van der Waals surface area contributed by atoms with E-state index in [1.54, 1.807) is 12.1 Å². The van der Waals surface area contributed by atoms with Crippen LogP contribution in [0.1, 0.15) is 55.8 Å². The first-order valence-corrected chi connectivity index (χ1v) is 7.23. The first-order chi connectivity index (χ1) is 9.29. The van der Waals surface area contributed by atoms with Gasteiger partial charge in [-0.1, -0.05) is 18.9 Å². The molecule has 0 N–H and O–H groups in total. The molecule has 0 unspecified atom stereocenters. The fraction of sp³-hybridized carbons (Fsp3) is 0.562. The van der Waals surface area contributed by atoms with Crippen molar-refractivity contribution in [3.63, 3.8) is 0 Å². The molecular weight excluding hydrogens is 240 g/mol. The molecule has 1 aliphatic carbocycles. The highest BCUT2D eigenvalue weighted by atomic mass is 16.5. The first kappa shape index (κ1) is 13.9.